The highest BCUT2D eigenvalue weighted by Crippen LogP contribution is 2.53. The fraction of sp³-hybridized carbons (Fsp3) is 0.125. The van der Waals surface area contributed by atoms with Crippen LogP contribution in [0.5, 0.6) is 0 Å². The summed E-state index contributed by atoms with van der Waals surface area (Å²) in [6.45, 7) is 4.80. The lowest BCUT2D eigenvalue weighted by Gasteiger charge is -2.25. The van der Waals surface area contributed by atoms with E-state index in [0.29, 0.717) is 5.92 Å². The second-order valence-corrected chi connectivity index (χ2v) is 14.4. The van der Waals surface area contributed by atoms with Gasteiger partial charge in [-0.2, -0.15) is 0 Å². The van der Waals surface area contributed by atoms with Crippen LogP contribution in [-0.2, 0) is 11.8 Å². The molecule has 1 heterocycles. The molecule has 7 aromatic carbocycles. The van der Waals surface area contributed by atoms with Gasteiger partial charge in [0.2, 0.25) is 0 Å². The SMILES string of the molecule is CC1(C)c2ccccc2-c2cc3c(cc21)[C@H](c1ccccc1)CCc1ccc(-c2ccc4c(c2)c2ccccc2n4-c2ccccc2)cc1-3. The molecule has 0 unspecified atom stereocenters. The first-order chi connectivity index (χ1) is 24.1. The Morgan fingerprint density at radius 1 is 0.510 bits per heavy atom. The van der Waals surface area contributed by atoms with Crippen molar-refractivity contribution in [2.75, 3.05) is 0 Å². The lowest BCUT2D eigenvalue weighted by atomic mass is 9.78. The summed E-state index contributed by atoms with van der Waals surface area (Å²) >= 11 is 0. The Hall–Kier alpha value is -5.66. The molecule has 0 radical (unpaired) electrons. The molecule has 0 spiro atoms. The summed E-state index contributed by atoms with van der Waals surface area (Å²) in [5.41, 5.74) is 18.9. The van der Waals surface area contributed by atoms with Gasteiger partial charge in [-0.05, 0) is 117 Å². The maximum absolute atomic E-state index is 2.58. The molecule has 234 valence electrons. The van der Waals surface area contributed by atoms with Gasteiger partial charge in [-0.3, -0.25) is 0 Å². The standard InChI is InChI=1S/C48H37N/c1-48(2)44-19-11-9-17-37(44)42-29-40-39-27-33(22-21-32(39)23-25-36(41(40)30-45(42)48)31-13-5-3-6-14-31)34-24-26-47-43(28-34)38-18-10-12-20-46(38)49(47)35-15-7-4-8-16-35/h3-22,24,26-30,36H,23,25H2,1-2H3/t36-/m0/s1. The van der Waals surface area contributed by atoms with Gasteiger partial charge in [0, 0.05) is 27.8 Å². The number of para-hydroxylation sites is 2. The number of hydrogen-bond donors (Lipinski definition) is 0. The Morgan fingerprint density at radius 3 is 2.06 bits per heavy atom. The molecular formula is C48H37N. The molecule has 0 saturated carbocycles. The van der Waals surface area contributed by atoms with E-state index in [1.807, 2.05) is 0 Å². The van der Waals surface area contributed by atoms with Gasteiger partial charge in [-0.25, -0.2) is 0 Å². The van der Waals surface area contributed by atoms with E-state index >= 15 is 0 Å². The van der Waals surface area contributed by atoms with E-state index < -0.39 is 0 Å². The van der Waals surface area contributed by atoms with Gasteiger partial charge in [0.15, 0.2) is 0 Å². The van der Waals surface area contributed by atoms with Gasteiger partial charge in [-0.15, -0.1) is 0 Å². The van der Waals surface area contributed by atoms with Crippen LogP contribution in [0.3, 0.4) is 0 Å². The summed E-state index contributed by atoms with van der Waals surface area (Å²) in [6.07, 6.45) is 2.15. The Bertz CT molecular complexity index is 2570. The highest BCUT2D eigenvalue weighted by Gasteiger charge is 2.37. The van der Waals surface area contributed by atoms with E-state index in [2.05, 4.69) is 176 Å². The largest absolute Gasteiger partial charge is 0.309 e. The van der Waals surface area contributed by atoms with Crippen molar-refractivity contribution in [3.63, 3.8) is 0 Å². The van der Waals surface area contributed by atoms with Crippen molar-refractivity contribution >= 4 is 21.8 Å². The number of aromatic nitrogens is 1. The predicted molar refractivity (Wildman–Crippen MR) is 206 cm³/mol. The van der Waals surface area contributed by atoms with Crippen LogP contribution < -0.4 is 0 Å². The first-order valence-corrected chi connectivity index (χ1v) is 17.6. The van der Waals surface area contributed by atoms with Crippen molar-refractivity contribution in [1.82, 2.24) is 4.57 Å². The maximum atomic E-state index is 2.58. The summed E-state index contributed by atoms with van der Waals surface area (Å²) in [5.74, 6) is 0.345. The van der Waals surface area contributed by atoms with Crippen molar-refractivity contribution in [2.45, 2.75) is 38.0 Å². The molecular weight excluding hydrogens is 591 g/mol. The number of nitrogens with zero attached hydrogens (tertiary/aromatic N) is 1. The summed E-state index contributed by atoms with van der Waals surface area (Å²) in [5, 5.41) is 2.57. The average molecular weight is 628 g/mol. The third-order valence-electron chi connectivity index (χ3n) is 11.5. The third kappa shape index (κ3) is 4.25. The maximum Gasteiger partial charge on any atom is 0.0541 e. The monoisotopic (exact) mass is 627 g/mol. The number of benzene rings is 7. The summed E-state index contributed by atoms with van der Waals surface area (Å²) < 4.78 is 2.39. The summed E-state index contributed by atoms with van der Waals surface area (Å²) in [7, 11) is 0. The minimum Gasteiger partial charge on any atom is -0.309 e. The Kier molecular flexibility index (Phi) is 6.18. The van der Waals surface area contributed by atoms with E-state index in [4.69, 9.17) is 0 Å². The van der Waals surface area contributed by atoms with Gasteiger partial charge in [0.1, 0.15) is 0 Å². The zero-order valence-electron chi connectivity index (χ0n) is 27.9. The van der Waals surface area contributed by atoms with Crippen LogP contribution >= 0.6 is 0 Å². The fourth-order valence-electron chi connectivity index (χ4n) is 9.01. The molecule has 1 atom stereocenters. The molecule has 10 rings (SSSR count). The lowest BCUT2D eigenvalue weighted by molar-refractivity contribution is 0.655. The van der Waals surface area contributed by atoms with Crippen molar-refractivity contribution in [2.24, 2.45) is 0 Å². The van der Waals surface area contributed by atoms with Crippen LogP contribution in [0.25, 0.3) is 60.9 Å². The fourth-order valence-corrected chi connectivity index (χ4v) is 9.01. The molecule has 0 bridgehead atoms. The Labute approximate surface area is 288 Å². The van der Waals surface area contributed by atoms with Crippen molar-refractivity contribution in [3.8, 4) is 39.1 Å². The summed E-state index contributed by atoms with van der Waals surface area (Å²) in [6, 6.07) is 59.1. The molecule has 0 saturated heterocycles. The lowest BCUT2D eigenvalue weighted by Crippen LogP contribution is -2.16. The van der Waals surface area contributed by atoms with Crippen LogP contribution in [0.1, 0.15) is 54.0 Å². The minimum absolute atomic E-state index is 0.0342. The van der Waals surface area contributed by atoms with Gasteiger partial charge >= 0.3 is 0 Å². The Balaban J connectivity index is 1.18. The van der Waals surface area contributed by atoms with E-state index in [1.54, 1.807) is 0 Å². The molecule has 1 heteroatoms. The zero-order chi connectivity index (χ0) is 32.7. The molecule has 2 aliphatic rings. The molecule has 1 nitrogen and oxygen atoms in total. The van der Waals surface area contributed by atoms with Crippen molar-refractivity contribution in [3.05, 3.63) is 186 Å². The Morgan fingerprint density at radius 2 is 1.20 bits per heavy atom. The summed E-state index contributed by atoms with van der Waals surface area (Å²) in [4.78, 5) is 0. The van der Waals surface area contributed by atoms with E-state index in [-0.39, 0.29) is 5.41 Å². The van der Waals surface area contributed by atoms with E-state index in [1.165, 1.54) is 88.7 Å². The average Bonchev–Trinajstić information content (AvgIpc) is 3.53. The first kappa shape index (κ1) is 28.4. The molecule has 0 amide bonds. The second-order valence-electron chi connectivity index (χ2n) is 14.4. The highest BCUT2D eigenvalue weighted by molar-refractivity contribution is 6.10. The quantitative estimate of drug-likeness (QED) is 0.184. The molecule has 8 aromatic rings. The van der Waals surface area contributed by atoms with Crippen LogP contribution in [0.15, 0.2) is 158 Å². The normalized spacial score (nSPS) is 15.8. The van der Waals surface area contributed by atoms with Gasteiger partial charge in [0.05, 0.1) is 11.0 Å². The van der Waals surface area contributed by atoms with Crippen LogP contribution in [0, 0.1) is 0 Å². The van der Waals surface area contributed by atoms with Crippen LogP contribution in [-0.4, -0.2) is 4.57 Å². The molecule has 0 N–H and O–H groups in total. The van der Waals surface area contributed by atoms with Crippen LogP contribution in [0.4, 0.5) is 0 Å². The number of rotatable bonds is 3. The van der Waals surface area contributed by atoms with Crippen molar-refractivity contribution in [1.29, 1.82) is 0 Å². The molecule has 0 aliphatic heterocycles. The zero-order valence-corrected chi connectivity index (χ0v) is 27.9. The topological polar surface area (TPSA) is 4.93 Å². The van der Waals surface area contributed by atoms with Gasteiger partial charge in [0.25, 0.3) is 0 Å². The third-order valence-corrected chi connectivity index (χ3v) is 11.5. The second kappa shape index (κ2) is 10.7. The molecule has 2 aliphatic carbocycles. The van der Waals surface area contributed by atoms with Gasteiger partial charge in [-0.1, -0.05) is 129 Å². The van der Waals surface area contributed by atoms with Crippen LogP contribution in [0.2, 0.25) is 0 Å². The number of hydrogen-bond acceptors (Lipinski definition) is 0. The predicted octanol–water partition coefficient (Wildman–Crippen LogP) is 12.5. The first-order valence-electron chi connectivity index (χ1n) is 17.6. The van der Waals surface area contributed by atoms with Crippen molar-refractivity contribution < 1.29 is 0 Å². The number of fused-ring (bicyclic) bond motifs is 9. The molecule has 0 fully saturated rings. The van der Waals surface area contributed by atoms with E-state index in [9.17, 15) is 0 Å². The molecule has 49 heavy (non-hydrogen) atoms. The smallest absolute Gasteiger partial charge is 0.0541 e. The van der Waals surface area contributed by atoms with Gasteiger partial charge < -0.3 is 4.57 Å². The molecule has 1 aromatic heterocycles. The van der Waals surface area contributed by atoms with E-state index in [0.717, 1.165) is 12.8 Å². The minimum atomic E-state index is -0.0342. The number of aryl methyl sites for hydroxylation is 1. The highest BCUT2D eigenvalue weighted by atomic mass is 15.0.